The Morgan fingerprint density at radius 3 is 2.42 bits per heavy atom. The SMILES string of the molecule is CCCN(CCC)CCCOc1cccc2oc3ccccc3c(=O)c12. The lowest BCUT2D eigenvalue weighted by atomic mass is 10.1. The van der Waals surface area contributed by atoms with Crippen LogP contribution in [0.5, 0.6) is 5.75 Å². The lowest BCUT2D eigenvalue weighted by Gasteiger charge is -2.20. The molecule has 0 aliphatic carbocycles. The molecule has 0 unspecified atom stereocenters. The van der Waals surface area contributed by atoms with E-state index >= 15 is 0 Å². The second kappa shape index (κ2) is 8.86. The number of ether oxygens (including phenoxy) is 1. The van der Waals surface area contributed by atoms with Crippen LogP contribution >= 0.6 is 0 Å². The number of benzene rings is 2. The Balaban J connectivity index is 1.76. The number of nitrogens with zero attached hydrogens (tertiary/aromatic N) is 1. The molecule has 138 valence electrons. The van der Waals surface area contributed by atoms with Crippen molar-refractivity contribution in [2.75, 3.05) is 26.2 Å². The van der Waals surface area contributed by atoms with Crippen molar-refractivity contribution in [3.63, 3.8) is 0 Å². The van der Waals surface area contributed by atoms with E-state index in [2.05, 4.69) is 18.7 Å². The minimum absolute atomic E-state index is 0.0314. The van der Waals surface area contributed by atoms with Crippen molar-refractivity contribution in [1.29, 1.82) is 0 Å². The molecular weight excluding hydrogens is 326 g/mol. The number of rotatable bonds is 9. The Morgan fingerprint density at radius 1 is 0.923 bits per heavy atom. The van der Waals surface area contributed by atoms with Crippen LogP contribution in [0.3, 0.4) is 0 Å². The van der Waals surface area contributed by atoms with E-state index in [1.54, 1.807) is 6.07 Å². The summed E-state index contributed by atoms with van der Waals surface area (Å²) in [4.78, 5) is 15.3. The Labute approximate surface area is 154 Å². The summed E-state index contributed by atoms with van der Waals surface area (Å²) in [5, 5.41) is 1.12. The normalized spacial score (nSPS) is 11.5. The van der Waals surface area contributed by atoms with Gasteiger partial charge in [0.2, 0.25) is 5.43 Å². The average molecular weight is 353 g/mol. The van der Waals surface area contributed by atoms with E-state index in [-0.39, 0.29) is 5.43 Å². The Kier molecular flexibility index (Phi) is 6.29. The number of para-hydroxylation sites is 1. The molecule has 0 bridgehead atoms. The predicted molar refractivity (Wildman–Crippen MR) is 107 cm³/mol. The Hall–Kier alpha value is -2.33. The van der Waals surface area contributed by atoms with Gasteiger partial charge >= 0.3 is 0 Å². The molecule has 0 radical (unpaired) electrons. The maximum absolute atomic E-state index is 12.9. The zero-order valence-electron chi connectivity index (χ0n) is 15.7. The van der Waals surface area contributed by atoms with Crippen LogP contribution in [0, 0.1) is 0 Å². The highest BCUT2D eigenvalue weighted by molar-refractivity contribution is 5.93. The first-order valence-electron chi connectivity index (χ1n) is 9.54. The summed E-state index contributed by atoms with van der Waals surface area (Å²) in [5.74, 6) is 0.611. The molecule has 0 fully saturated rings. The summed E-state index contributed by atoms with van der Waals surface area (Å²) >= 11 is 0. The van der Waals surface area contributed by atoms with Crippen molar-refractivity contribution in [3.05, 3.63) is 52.7 Å². The van der Waals surface area contributed by atoms with Gasteiger partial charge < -0.3 is 14.1 Å². The number of hydrogen-bond acceptors (Lipinski definition) is 4. The number of fused-ring (bicyclic) bond motifs is 2. The van der Waals surface area contributed by atoms with E-state index in [1.807, 2.05) is 36.4 Å². The highest BCUT2D eigenvalue weighted by atomic mass is 16.5. The standard InChI is InChI=1S/C22H27NO3/c1-3-13-23(14-4-2)15-8-16-25-19-11-7-12-20-21(19)22(24)17-9-5-6-10-18(17)26-20/h5-7,9-12H,3-4,8,13-16H2,1-2H3. The van der Waals surface area contributed by atoms with Crippen molar-refractivity contribution in [2.45, 2.75) is 33.1 Å². The van der Waals surface area contributed by atoms with Gasteiger partial charge in [0.05, 0.1) is 12.0 Å². The largest absolute Gasteiger partial charge is 0.493 e. The Morgan fingerprint density at radius 2 is 1.65 bits per heavy atom. The first-order valence-corrected chi connectivity index (χ1v) is 9.54. The van der Waals surface area contributed by atoms with Gasteiger partial charge in [-0.25, -0.2) is 0 Å². The summed E-state index contributed by atoms with van der Waals surface area (Å²) in [5.41, 5.74) is 1.15. The lowest BCUT2D eigenvalue weighted by molar-refractivity contribution is 0.235. The summed E-state index contributed by atoms with van der Waals surface area (Å²) in [7, 11) is 0. The minimum Gasteiger partial charge on any atom is -0.493 e. The van der Waals surface area contributed by atoms with Crippen molar-refractivity contribution >= 4 is 21.9 Å². The molecule has 3 rings (SSSR count). The zero-order chi connectivity index (χ0) is 18.4. The van der Waals surface area contributed by atoms with Gasteiger partial charge in [0, 0.05) is 6.54 Å². The van der Waals surface area contributed by atoms with E-state index in [4.69, 9.17) is 9.15 Å². The highest BCUT2D eigenvalue weighted by Crippen LogP contribution is 2.26. The van der Waals surface area contributed by atoms with Gasteiger partial charge in [-0.2, -0.15) is 0 Å². The first kappa shape index (κ1) is 18.5. The third-order valence-corrected chi connectivity index (χ3v) is 4.52. The minimum atomic E-state index is -0.0314. The van der Waals surface area contributed by atoms with Gasteiger partial charge in [0.1, 0.15) is 22.3 Å². The summed E-state index contributed by atoms with van der Waals surface area (Å²) in [6.07, 6.45) is 3.27. The summed E-state index contributed by atoms with van der Waals surface area (Å²) < 4.78 is 11.9. The van der Waals surface area contributed by atoms with E-state index in [1.165, 1.54) is 0 Å². The highest BCUT2D eigenvalue weighted by Gasteiger charge is 2.12. The van der Waals surface area contributed by atoms with E-state index in [0.717, 1.165) is 38.9 Å². The van der Waals surface area contributed by atoms with E-state index < -0.39 is 0 Å². The van der Waals surface area contributed by atoms with Crippen LogP contribution in [0.1, 0.15) is 33.1 Å². The molecule has 0 aliphatic heterocycles. The monoisotopic (exact) mass is 353 g/mol. The molecule has 1 aromatic heterocycles. The second-order valence-corrected chi connectivity index (χ2v) is 6.60. The molecule has 0 N–H and O–H groups in total. The molecule has 2 aromatic carbocycles. The van der Waals surface area contributed by atoms with Crippen molar-refractivity contribution < 1.29 is 9.15 Å². The van der Waals surface area contributed by atoms with Gasteiger partial charge in [-0.05, 0) is 56.6 Å². The molecule has 26 heavy (non-hydrogen) atoms. The van der Waals surface area contributed by atoms with Crippen molar-refractivity contribution in [1.82, 2.24) is 4.90 Å². The van der Waals surface area contributed by atoms with Gasteiger partial charge in [-0.15, -0.1) is 0 Å². The molecule has 0 saturated carbocycles. The predicted octanol–water partition coefficient (Wildman–Crippen LogP) is 4.84. The van der Waals surface area contributed by atoms with Crippen LogP contribution in [0.4, 0.5) is 0 Å². The quantitative estimate of drug-likeness (QED) is 0.408. The molecule has 1 heterocycles. The molecule has 0 spiro atoms. The number of hydrogen-bond donors (Lipinski definition) is 0. The zero-order valence-corrected chi connectivity index (χ0v) is 15.7. The van der Waals surface area contributed by atoms with E-state index in [9.17, 15) is 4.79 Å². The molecule has 0 amide bonds. The maximum atomic E-state index is 12.9. The maximum Gasteiger partial charge on any atom is 0.204 e. The van der Waals surface area contributed by atoms with Gasteiger partial charge in [-0.3, -0.25) is 4.79 Å². The van der Waals surface area contributed by atoms with Crippen LogP contribution in [-0.2, 0) is 0 Å². The first-order chi connectivity index (χ1) is 12.7. The Bertz CT molecular complexity index is 910. The fourth-order valence-electron chi connectivity index (χ4n) is 3.37. The second-order valence-electron chi connectivity index (χ2n) is 6.60. The fourth-order valence-corrected chi connectivity index (χ4v) is 3.37. The molecule has 4 nitrogen and oxygen atoms in total. The lowest BCUT2D eigenvalue weighted by Crippen LogP contribution is -2.27. The smallest absolute Gasteiger partial charge is 0.204 e. The molecule has 0 aliphatic rings. The summed E-state index contributed by atoms with van der Waals surface area (Å²) in [6, 6.07) is 12.9. The fraction of sp³-hybridized carbons (Fsp3) is 0.409. The van der Waals surface area contributed by atoms with Crippen molar-refractivity contribution in [2.24, 2.45) is 0 Å². The van der Waals surface area contributed by atoms with Crippen LogP contribution in [-0.4, -0.2) is 31.1 Å². The summed E-state index contributed by atoms with van der Waals surface area (Å²) in [6.45, 7) is 8.27. The molecular formula is C22H27NO3. The molecule has 4 heteroatoms. The van der Waals surface area contributed by atoms with Gasteiger partial charge in [0.15, 0.2) is 0 Å². The van der Waals surface area contributed by atoms with Crippen LogP contribution in [0.15, 0.2) is 51.7 Å². The molecule has 0 saturated heterocycles. The van der Waals surface area contributed by atoms with Gasteiger partial charge in [-0.1, -0.05) is 32.0 Å². The average Bonchev–Trinajstić information content (AvgIpc) is 2.65. The van der Waals surface area contributed by atoms with E-state index in [0.29, 0.717) is 34.3 Å². The molecule has 3 aromatic rings. The van der Waals surface area contributed by atoms with Gasteiger partial charge in [0.25, 0.3) is 0 Å². The van der Waals surface area contributed by atoms with Crippen molar-refractivity contribution in [3.8, 4) is 5.75 Å². The topological polar surface area (TPSA) is 42.7 Å². The third kappa shape index (κ3) is 4.07. The van der Waals surface area contributed by atoms with Crippen LogP contribution in [0.2, 0.25) is 0 Å². The van der Waals surface area contributed by atoms with Crippen LogP contribution in [0.25, 0.3) is 21.9 Å². The third-order valence-electron chi connectivity index (χ3n) is 4.52. The van der Waals surface area contributed by atoms with Crippen LogP contribution < -0.4 is 10.2 Å². The molecule has 0 atom stereocenters.